The molecule has 1 aromatic carbocycles. The van der Waals surface area contributed by atoms with Gasteiger partial charge in [-0.1, -0.05) is 63.6 Å². The summed E-state index contributed by atoms with van der Waals surface area (Å²) in [6.07, 6.45) is 0. The molecule has 146 valence electrons. The zero-order valence-electron chi connectivity index (χ0n) is 16.5. The Kier molecular flexibility index (Phi) is 7.22. The molecule has 0 radical (unpaired) electrons. The van der Waals surface area contributed by atoms with Gasteiger partial charge in [-0.05, 0) is 29.2 Å². The van der Waals surface area contributed by atoms with Crippen molar-refractivity contribution >= 4 is 23.2 Å². The van der Waals surface area contributed by atoms with Crippen LogP contribution in [0.2, 0.25) is 5.15 Å². The monoisotopic (exact) mass is 390 g/mol. The lowest BCUT2D eigenvalue weighted by Gasteiger charge is -2.41. The lowest BCUT2D eigenvalue weighted by atomic mass is 9.73. The molecule has 3 rings (SSSR count). The van der Waals surface area contributed by atoms with Gasteiger partial charge in [0.1, 0.15) is 16.3 Å². The molecule has 1 amide bonds. The smallest absolute Gasteiger partial charge is 0.239 e. The number of aromatic nitrogens is 1. The number of carbonyl (C=O) groups is 1. The van der Waals surface area contributed by atoms with E-state index in [1.165, 1.54) is 7.11 Å². The standard InChI is InChI=1S/C19H21ClN2O3.C2H6/c1-12(2)13-6-4-5-7-14(13)19(10-25-11-19)18(23)21-15-8-9-16(20)22-17(15)24-3;1-2/h4-9,12H,10-11H2,1-3H3,(H,21,23);1-2H3. The fraction of sp³-hybridized carbons (Fsp3) is 0.429. The maximum atomic E-state index is 13.1. The zero-order chi connectivity index (χ0) is 20.0. The summed E-state index contributed by atoms with van der Waals surface area (Å²) >= 11 is 5.89. The number of hydrogen-bond donors (Lipinski definition) is 1. The molecule has 0 atom stereocenters. The van der Waals surface area contributed by atoms with Crippen LogP contribution in [0.5, 0.6) is 5.88 Å². The second kappa shape index (κ2) is 9.20. The molecule has 0 unspecified atom stereocenters. The first-order chi connectivity index (χ1) is 13.0. The van der Waals surface area contributed by atoms with Crippen molar-refractivity contribution in [3.8, 4) is 5.88 Å². The van der Waals surface area contributed by atoms with Crippen LogP contribution in [0, 0.1) is 0 Å². The van der Waals surface area contributed by atoms with Gasteiger partial charge in [-0.2, -0.15) is 4.98 Å². The van der Waals surface area contributed by atoms with Crippen LogP contribution in [-0.2, 0) is 14.9 Å². The van der Waals surface area contributed by atoms with Crippen molar-refractivity contribution < 1.29 is 14.3 Å². The van der Waals surface area contributed by atoms with Gasteiger partial charge < -0.3 is 14.8 Å². The summed E-state index contributed by atoms with van der Waals surface area (Å²) in [5, 5.41) is 3.24. The van der Waals surface area contributed by atoms with Crippen LogP contribution in [0.4, 0.5) is 5.69 Å². The molecule has 27 heavy (non-hydrogen) atoms. The number of benzene rings is 1. The predicted molar refractivity (Wildman–Crippen MR) is 109 cm³/mol. The highest BCUT2D eigenvalue weighted by Crippen LogP contribution is 2.38. The zero-order valence-corrected chi connectivity index (χ0v) is 17.3. The quantitative estimate of drug-likeness (QED) is 0.745. The Morgan fingerprint density at radius 2 is 1.89 bits per heavy atom. The molecule has 6 heteroatoms. The molecule has 0 aliphatic carbocycles. The van der Waals surface area contributed by atoms with E-state index in [-0.39, 0.29) is 11.8 Å². The van der Waals surface area contributed by atoms with Crippen molar-refractivity contribution in [1.82, 2.24) is 4.98 Å². The third kappa shape index (κ3) is 4.25. The van der Waals surface area contributed by atoms with E-state index in [1.54, 1.807) is 12.1 Å². The first kappa shape index (κ1) is 21.2. The lowest BCUT2D eigenvalue weighted by Crippen LogP contribution is -2.56. The first-order valence-corrected chi connectivity index (χ1v) is 9.55. The number of methoxy groups -OCH3 is 1. The van der Waals surface area contributed by atoms with Crippen molar-refractivity contribution in [3.05, 3.63) is 52.7 Å². The predicted octanol–water partition coefficient (Wildman–Crippen LogP) is 4.80. The Balaban J connectivity index is 0.00000126. The van der Waals surface area contributed by atoms with E-state index in [1.807, 2.05) is 32.0 Å². The molecule has 0 spiro atoms. The Morgan fingerprint density at radius 3 is 2.44 bits per heavy atom. The molecule has 2 aromatic rings. The van der Waals surface area contributed by atoms with Crippen LogP contribution in [0.1, 0.15) is 44.7 Å². The number of anilines is 1. The Labute approximate surface area is 166 Å². The Morgan fingerprint density at radius 1 is 1.22 bits per heavy atom. The van der Waals surface area contributed by atoms with Gasteiger partial charge in [0.05, 0.1) is 20.3 Å². The fourth-order valence-electron chi connectivity index (χ4n) is 3.06. The molecule has 0 saturated carbocycles. The van der Waals surface area contributed by atoms with Crippen LogP contribution in [-0.4, -0.2) is 31.2 Å². The summed E-state index contributed by atoms with van der Waals surface area (Å²) in [5.41, 5.74) is 1.95. The topological polar surface area (TPSA) is 60.5 Å². The maximum absolute atomic E-state index is 13.1. The maximum Gasteiger partial charge on any atom is 0.239 e. The molecule has 1 aromatic heterocycles. The van der Waals surface area contributed by atoms with Crippen LogP contribution in [0.15, 0.2) is 36.4 Å². The van der Waals surface area contributed by atoms with E-state index in [0.29, 0.717) is 30.0 Å². The average Bonchev–Trinajstić information content (AvgIpc) is 2.64. The van der Waals surface area contributed by atoms with Gasteiger partial charge in [-0.3, -0.25) is 4.79 Å². The van der Waals surface area contributed by atoms with Crippen LogP contribution in [0.3, 0.4) is 0 Å². The Bertz CT molecular complexity index is 789. The fourth-order valence-corrected chi connectivity index (χ4v) is 3.20. The summed E-state index contributed by atoms with van der Waals surface area (Å²) in [5.74, 6) is 0.468. The van der Waals surface area contributed by atoms with Crippen LogP contribution in [0.25, 0.3) is 0 Å². The van der Waals surface area contributed by atoms with Crippen LogP contribution < -0.4 is 10.1 Å². The number of hydrogen-bond acceptors (Lipinski definition) is 4. The number of carbonyl (C=O) groups excluding carboxylic acids is 1. The van der Waals surface area contributed by atoms with Gasteiger partial charge in [0.2, 0.25) is 11.8 Å². The van der Waals surface area contributed by atoms with Gasteiger partial charge in [0, 0.05) is 0 Å². The molecule has 2 heterocycles. The SMILES string of the molecule is CC.COc1nc(Cl)ccc1NC(=O)C1(c2ccccc2C(C)C)COC1. The van der Waals surface area contributed by atoms with Crippen molar-refractivity contribution in [2.24, 2.45) is 0 Å². The van der Waals surface area contributed by atoms with Crippen molar-refractivity contribution in [2.75, 3.05) is 25.6 Å². The van der Waals surface area contributed by atoms with E-state index in [2.05, 4.69) is 30.2 Å². The van der Waals surface area contributed by atoms with Crippen molar-refractivity contribution in [3.63, 3.8) is 0 Å². The Hall–Kier alpha value is -2.11. The van der Waals surface area contributed by atoms with Crippen LogP contribution >= 0.6 is 11.6 Å². The number of pyridine rings is 1. The number of halogens is 1. The minimum atomic E-state index is -0.703. The van der Waals surface area contributed by atoms with E-state index in [4.69, 9.17) is 21.1 Å². The summed E-state index contributed by atoms with van der Waals surface area (Å²) in [6, 6.07) is 11.3. The highest BCUT2D eigenvalue weighted by Gasteiger charge is 2.49. The molecule has 1 aliphatic rings. The third-order valence-corrected chi connectivity index (χ3v) is 4.71. The summed E-state index contributed by atoms with van der Waals surface area (Å²) in [4.78, 5) is 17.2. The third-order valence-electron chi connectivity index (χ3n) is 4.50. The van der Waals surface area contributed by atoms with E-state index in [9.17, 15) is 4.79 Å². The highest BCUT2D eigenvalue weighted by atomic mass is 35.5. The number of rotatable bonds is 5. The van der Waals surface area contributed by atoms with Gasteiger partial charge in [-0.25, -0.2) is 0 Å². The highest BCUT2D eigenvalue weighted by molar-refractivity contribution is 6.29. The molecule has 0 bridgehead atoms. The normalized spacial score (nSPS) is 14.6. The molecule has 1 saturated heterocycles. The largest absolute Gasteiger partial charge is 0.479 e. The number of amides is 1. The van der Waals surface area contributed by atoms with Crippen molar-refractivity contribution in [2.45, 2.75) is 39.0 Å². The first-order valence-electron chi connectivity index (χ1n) is 9.17. The molecule has 5 nitrogen and oxygen atoms in total. The molecule has 1 N–H and O–H groups in total. The molecular weight excluding hydrogens is 364 g/mol. The summed E-state index contributed by atoms with van der Waals surface area (Å²) in [7, 11) is 1.49. The molecular formula is C21H27ClN2O3. The average molecular weight is 391 g/mol. The number of nitrogens with zero attached hydrogens (tertiary/aromatic N) is 1. The van der Waals surface area contributed by atoms with Crippen molar-refractivity contribution in [1.29, 1.82) is 0 Å². The second-order valence-corrected chi connectivity index (χ2v) is 6.85. The summed E-state index contributed by atoms with van der Waals surface area (Å²) in [6.45, 7) is 8.95. The number of ether oxygens (including phenoxy) is 2. The van der Waals surface area contributed by atoms with Gasteiger partial charge in [-0.15, -0.1) is 0 Å². The molecule has 1 fully saturated rings. The van der Waals surface area contributed by atoms with Gasteiger partial charge in [0.25, 0.3) is 0 Å². The van der Waals surface area contributed by atoms with Gasteiger partial charge in [0.15, 0.2) is 0 Å². The number of nitrogens with one attached hydrogen (secondary N) is 1. The lowest BCUT2D eigenvalue weighted by molar-refractivity contribution is -0.139. The minimum Gasteiger partial charge on any atom is -0.479 e. The summed E-state index contributed by atoms with van der Waals surface area (Å²) < 4.78 is 10.7. The second-order valence-electron chi connectivity index (χ2n) is 6.46. The molecule has 1 aliphatic heterocycles. The van der Waals surface area contributed by atoms with E-state index >= 15 is 0 Å². The van der Waals surface area contributed by atoms with E-state index < -0.39 is 5.41 Å². The van der Waals surface area contributed by atoms with E-state index in [0.717, 1.165) is 11.1 Å². The van der Waals surface area contributed by atoms with Gasteiger partial charge >= 0.3 is 0 Å². The minimum absolute atomic E-state index is 0.130.